The molecule has 6 aliphatic rings. The average Bonchev–Trinajstić information content (AvgIpc) is 1.50. The van der Waals surface area contributed by atoms with Crippen molar-refractivity contribution in [3.63, 3.8) is 0 Å². The van der Waals surface area contributed by atoms with Crippen LogP contribution < -0.4 is 9.80 Å². The van der Waals surface area contributed by atoms with E-state index in [9.17, 15) is 0 Å². The third-order valence-electron chi connectivity index (χ3n) is 32.4. The molecule has 0 N–H and O–H groups in total. The van der Waals surface area contributed by atoms with Crippen molar-refractivity contribution in [3.8, 4) is 77.9 Å². The van der Waals surface area contributed by atoms with Crippen molar-refractivity contribution < 1.29 is 0 Å². The summed E-state index contributed by atoms with van der Waals surface area (Å²) in [6, 6.07) is 196. The molecule has 0 heterocycles. The van der Waals surface area contributed by atoms with Crippen LogP contribution in [0, 0.1) is 0 Å². The van der Waals surface area contributed by atoms with Gasteiger partial charge in [0.2, 0.25) is 0 Å². The summed E-state index contributed by atoms with van der Waals surface area (Å²) >= 11 is 0. The van der Waals surface area contributed by atoms with Gasteiger partial charge in [-0.05, 0) is 293 Å². The molecule has 2 nitrogen and oxygen atoms in total. The van der Waals surface area contributed by atoms with E-state index in [1.54, 1.807) is 0 Å². The first-order valence-corrected chi connectivity index (χ1v) is 48.4. The van der Waals surface area contributed by atoms with Gasteiger partial charge in [-0.25, -0.2) is 0 Å². The molecule has 2 spiro atoms. The average molecular weight is 1750 g/mol. The second-order valence-electron chi connectivity index (χ2n) is 38.4. The number of nitrogens with zero attached hydrogens (tertiary/aromatic N) is 2. The summed E-state index contributed by atoms with van der Waals surface area (Å²) in [6.07, 6.45) is 0. The lowest BCUT2D eigenvalue weighted by molar-refractivity contribution is 0.768. The van der Waals surface area contributed by atoms with Crippen molar-refractivity contribution in [3.05, 3.63) is 599 Å². The SMILES string of the molecule is c1ccc(C2(c3ccc(N(c4ccc5c6ccccc6c6ccccc6c5c4)c4cccc5c4C4(c6ccccc6-c6cc(-c7ccc8c(c7)-c7ccccc7C8(c7ccccc7)c7cccc(N(c8ccc9c%10ccccc%10c%10ccccc%10c9c8)c8cccc9c8C8(c%10ccccc%10-c%10ccccc%108)c8ccccc8-9)c7)ccc64)c4ccccc4-5)cc3)c3ccccc3-c3ccccc32)cc1. The van der Waals surface area contributed by atoms with E-state index in [0.29, 0.717) is 0 Å². The lowest BCUT2D eigenvalue weighted by Gasteiger charge is -2.37. The van der Waals surface area contributed by atoms with Crippen molar-refractivity contribution in [1.29, 1.82) is 0 Å². The van der Waals surface area contributed by atoms with Crippen molar-refractivity contribution >= 4 is 98.8 Å². The highest BCUT2D eigenvalue weighted by Gasteiger charge is 2.57. The smallest absolute Gasteiger partial charge is 0.0746 e. The van der Waals surface area contributed by atoms with Gasteiger partial charge in [0.1, 0.15) is 0 Å². The summed E-state index contributed by atoms with van der Waals surface area (Å²) in [5.41, 5.74) is 41.3. The molecule has 0 aromatic heterocycles. The fourth-order valence-corrected chi connectivity index (χ4v) is 27.2. The van der Waals surface area contributed by atoms with Crippen LogP contribution in [0.4, 0.5) is 34.1 Å². The van der Waals surface area contributed by atoms with Gasteiger partial charge >= 0.3 is 0 Å². The molecule has 0 radical (unpaired) electrons. The Labute approximate surface area is 800 Å². The predicted molar refractivity (Wildman–Crippen MR) is 573 cm³/mol. The summed E-state index contributed by atoms with van der Waals surface area (Å²) in [6.45, 7) is 0. The molecule has 2 unspecified atom stereocenters. The van der Waals surface area contributed by atoms with Crippen molar-refractivity contribution in [2.45, 2.75) is 21.7 Å². The van der Waals surface area contributed by atoms with Crippen LogP contribution in [0.25, 0.3) is 143 Å². The first-order chi connectivity index (χ1) is 68.5. The fourth-order valence-electron chi connectivity index (χ4n) is 27.2. The second-order valence-corrected chi connectivity index (χ2v) is 38.4. The molecular weight excluding hydrogens is 1660 g/mol. The Morgan fingerprint density at radius 1 is 0.123 bits per heavy atom. The summed E-state index contributed by atoms with van der Waals surface area (Å²) in [4.78, 5) is 5.24. The van der Waals surface area contributed by atoms with Gasteiger partial charge in [-0.15, -0.1) is 0 Å². The largest absolute Gasteiger partial charge is 0.310 e. The molecule has 24 aromatic rings. The van der Waals surface area contributed by atoms with E-state index in [2.05, 4.69) is 519 Å². The van der Waals surface area contributed by atoms with Crippen molar-refractivity contribution in [2.75, 3.05) is 9.80 Å². The van der Waals surface area contributed by atoms with Crippen LogP contribution in [0.3, 0.4) is 0 Å². The summed E-state index contributed by atoms with van der Waals surface area (Å²) < 4.78 is 0. The molecule has 2 heteroatoms. The highest BCUT2D eigenvalue weighted by molar-refractivity contribution is 6.27. The number of benzene rings is 24. The Kier molecular flexibility index (Phi) is 16.2. The van der Waals surface area contributed by atoms with Gasteiger partial charge in [0.15, 0.2) is 0 Å². The van der Waals surface area contributed by atoms with Crippen LogP contribution in [-0.4, -0.2) is 0 Å². The Morgan fingerprint density at radius 2 is 0.362 bits per heavy atom. The maximum absolute atomic E-state index is 2.63. The molecule has 0 bridgehead atoms. The molecule has 0 amide bonds. The lowest BCUT2D eigenvalue weighted by atomic mass is 9.67. The van der Waals surface area contributed by atoms with Gasteiger partial charge in [-0.1, -0.05) is 437 Å². The van der Waals surface area contributed by atoms with Crippen LogP contribution in [0.1, 0.15) is 89.0 Å². The van der Waals surface area contributed by atoms with E-state index in [1.165, 1.54) is 220 Å². The van der Waals surface area contributed by atoms with Crippen molar-refractivity contribution in [1.82, 2.24) is 0 Å². The first kappa shape index (κ1) is 76.9. The minimum Gasteiger partial charge on any atom is -0.310 e. The third kappa shape index (κ3) is 10.1. The van der Waals surface area contributed by atoms with Gasteiger partial charge in [-0.3, -0.25) is 0 Å². The van der Waals surface area contributed by atoms with Gasteiger partial charge in [-0.2, -0.15) is 0 Å². The fraction of sp³-hybridized carbons (Fsp3) is 0.0294. The van der Waals surface area contributed by atoms with Crippen LogP contribution in [0.5, 0.6) is 0 Å². The molecule has 24 aromatic carbocycles. The summed E-state index contributed by atoms with van der Waals surface area (Å²) in [7, 11) is 0. The molecular formula is C136H84N2. The third-order valence-corrected chi connectivity index (χ3v) is 32.4. The number of hydrogen-bond acceptors (Lipinski definition) is 2. The Hall–Kier alpha value is -17.6. The van der Waals surface area contributed by atoms with E-state index in [1.807, 2.05) is 0 Å². The zero-order valence-corrected chi connectivity index (χ0v) is 75.4. The van der Waals surface area contributed by atoms with E-state index < -0.39 is 21.7 Å². The number of anilines is 6. The predicted octanol–water partition coefficient (Wildman–Crippen LogP) is 34.6. The van der Waals surface area contributed by atoms with Gasteiger partial charge in [0.05, 0.1) is 33.0 Å². The first-order valence-electron chi connectivity index (χ1n) is 48.4. The minimum atomic E-state index is -0.779. The normalized spacial score (nSPS) is 15.6. The molecule has 638 valence electrons. The molecule has 138 heavy (non-hydrogen) atoms. The highest BCUT2D eigenvalue weighted by Crippen LogP contribution is 2.70. The topological polar surface area (TPSA) is 6.48 Å². The Balaban J connectivity index is 0.604. The van der Waals surface area contributed by atoms with Crippen LogP contribution in [0.15, 0.2) is 510 Å². The van der Waals surface area contributed by atoms with Gasteiger partial charge < -0.3 is 9.80 Å². The van der Waals surface area contributed by atoms with Gasteiger partial charge in [0, 0.05) is 33.9 Å². The van der Waals surface area contributed by atoms with E-state index >= 15 is 0 Å². The maximum atomic E-state index is 2.63. The summed E-state index contributed by atoms with van der Waals surface area (Å²) in [5.74, 6) is 0. The van der Waals surface area contributed by atoms with E-state index in [4.69, 9.17) is 0 Å². The molecule has 0 saturated heterocycles. The quantitative estimate of drug-likeness (QED) is 0.119. The zero-order chi connectivity index (χ0) is 90.3. The number of hydrogen-bond donors (Lipinski definition) is 0. The van der Waals surface area contributed by atoms with E-state index in [-0.39, 0.29) is 0 Å². The Bertz CT molecular complexity index is 9200. The molecule has 30 rings (SSSR count). The van der Waals surface area contributed by atoms with Crippen molar-refractivity contribution in [2.24, 2.45) is 0 Å². The summed E-state index contributed by atoms with van der Waals surface area (Å²) in [5, 5.41) is 14.9. The monoisotopic (exact) mass is 1740 g/mol. The lowest BCUT2D eigenvalue weighted by Crippen LogP contribution is -2.29. The molecule has 6 aliphatic carbocycles. The van der Waals surface area contributed by atoms with Crippen LogP contribution in [-0.2, 0) is 21.7 Å². The molecule has 0 saturated carbocycles. The Morgan fingerprint density at radius 3 is 0.732 bits per heavy atom. The number of rotatable bonds is 11. The maximum Gasteiger partial charge on any atom is 0.0746 e. The van der Waals surface area contributed by atoms with Crippen LogP contribution in [0.2, 0.25) is 0 Å². The molecule has 0 aliphatic heterocycles. The van der Waals surface area contributed by atoms with Crippen LogP contribution >= 0.6 is 0 Å². The van der Waals surface area contributed by atoms with E-state index in [0.717, 1.165) is 45.3 Å². The highest BCUT2D eigenvalue weighted by atomic mass is 15.2. The van der Waals surface area contributed by atoms with Gasteiger partial charge in [0.25, 0.3) is 0 Å². The second kappa shape index (κ2) is 29.0. The standard InChI is InChI=1S/C136H84N2/c1-3-34-87(35-4-1)133(119-58-23-15-48-105(119)106-49-16-24-59-120(106)133)89-70-72-91(73-71-89)137(93-74-76-103-99-44-9-7-40-95(99)97-42-11-13-46-101(97)115(103)83-93)129-66-32-56-113-110-53-20-29-64-125(110)136(131(113)129)126-65-30-22-55-112(126)118-81-86(69-79-128(118)136)85-68-78-127-117(80-85)111-54-21-25-60-121(111)134(127,88-36-5-2-6-37-88)90-38-31-39-92(82-90)138(94-75-77-104-100-45-10-8-41-96(100)98-43-12-14-47-102(98)116(104)84-94)130-67-33-57-114-109-52-19-28-63-124(109)135(132(114)130)122-61-26-17-50-107(122)108-51-18-27-62-123(108)135/h1-84H. The minimum absolute atomic E-state index is 0.583. The molecule has 2 atom stereocenters. The molecule has 0 fully saturated rings. The number of fused-ring (bicyclic) bond motifs is 38. The zero-order valence-electron chi connectivity index (χ0n) is 75.4.